The van der Waals surface area contributed by atoms with Crippen molar-refractivity contribution in [3.63, 3.8) is 0 Å². The van der Waals surface area contributed by atoms with Crippen molar-refractivity contribution in [2.75, 3.05) is 16.4 Å². The third kappa shape index (κ3) is 2.47. The number of alkyl halides is 3. The Kier molecular flexibility index (Phi) is 3.24. The van der Waals surface area contributed by atoms with Crippen molar-refractivity contribution < 1.29 is 30.8 Å². The lowest BCUT2D eigenvalue weighted by Crippen LogP contribution is -2.37. The van der Waals surface area contributed by atoms with Gasteiger partial charge in [-0.05, 0) is 18.2 Å². The quantitative estimate of drug-likeness (QED) is 0.737. The molecule has 3 rings (SSSR count). The Bertz CT molecular complexity index is 744. The molecule has 0 aromatic heterocycles. The summed E-state index contributed by atoms with van der Waals surface area (Å²) in [5.41, 5.74) is -1.59. The molecular weight excluding hydrogens is 326 g/mol. The van der Waals surface area contributed by atoms with Crippen LogP contribution in [0.2, 0.25) is 0 Å². The summed E-state index contributed by atoms with van der Waals surface area (Å²) in [5, 5.41) is 0. The van der Waals surface area contributed by atoms with Gasteiger partial charge in [0.05, 0.1) is 28.8 Å². The lowest BCUT2D eigenvalue weighted by Gasteiger charge is -2.24. The number of anilines is 1. The zero-order valence-corrected chi connectivity index (χ0v) is 11.9. The lowest BCUT2D eigenvalue weighted by atomic mass is 10.0. The molecule has 4 nitrogen and oxygen atoms in total. The van der Waals surface area contributed by atoms with Crippen LogP contribution in [0.4, 0.5) is 23.2 Å². The van der Waals surface area contributed by atoms with Gasteiger partial charge < -0.3 is 4.90 Å². The molecule has 1 amide bonds. The molecule has 2 aliphatic heterocycles. The fourth-order valence-electron chi connectivity index (χ4n) is 3.08. The van der Waals surface area contributed by atoms with E-state index in [2.05, 4.69) is 0 Å². The summed E-state index contributed by atoms with van der Waals surface area (Å²) in [6.07, 6.45) is -4.77. The molecule has 0 aliphatic carbocycles. The number of hydrogen-bond acceptors (Lipinski definition) is 3. The van der Waals surface area contributed by atoms with Gasteiger partial charge in [-0.15, -0.1) is 0 Å². The molecule has 2 atom stereocenters. The molecule has 2 aliphatic rings. The molecule has 22 heavy (non-hydrogen) atoms. The molecule has 120 valence electrons. The lowest BCUT2D eigenvalue weighted by molar-refractivity contribution is -0.137. The van der Waals surface area contributed by atoms with Crippen LogP contribution in [0.3, 0.4) is 0 Å². The Morgan fingerprint density at radius 2 is 1.86 bits per heavy atom. The van der Waals surface area contributed by atoms with Gasteiger partial charge in [-0.1, -0.05) is 0 Å². The molecule has 0 bridgehead atoms. The highest BCUT2D eigenvalue weighted by Crippen LogP contribution is 2.40. The average molecular weight is 337 g/mol. The van der Waals surface area contributed by atoms with E-state index in [-0.39, 0.29) is 17.9 Å². The van der Waals surface area contributed by atoms with Crippen molar-refractivity contribution in [2.24, 2.45) is 5.92 Å². The minimum atomic E-state index is -4.67. The second kappa shape index (κ2) is 4.68. The first-order chi connectivity index (χ1) is 10.1. The van der Waals surface area contributed by atoms with Crippen LogP contribution < -0.4 is 4.90 Å². The molecule has 0 saturated carbocycles. The van der Waals surface area contributed by atoms with Gasteiger partial charge >= 0.3 is 6.18 Å². The molecular formula is C13H11F4NO3S. The van der Waals surface area contributed by atoms with Crippen LogP contribution in [0.5, 0.6) is 0 Å². The maximum atomic E-state index is 13.9. The average Bonchev–Trinajstić information content (AvgIpc) is 2.79. The molecule has 1 aromatic carbocycles. The molecule has 0 radical (unpaired) electrons. The van der Waals surface area contributed by atoms with Gasteiger partial charge in [0, 0.05) is 12.3 Å². The molecule has 2 fully saturated rings. The van der Waals surface area contributed by atoms with E-state index in [9.17, 15) is 30.8 Å². The number of nitrogens with zero attached hydrogens (tertiary/aromatic N) is 1. The minimum absolute atomic E-state index is 0.0976. The Labute approximate surface area is 123 Å². The Morgan fingerprint density at radius 1 is 1.18 bits per heavy atom. The highest BCUT2D eigenvalue weighted by molar-refractivity contribution is 7.91. The summed E-state index contributed by atoms with van der Waals surface area (Å²) < 4.78 is 75.4. The summed E-state index contributed by atoms with van der Waals surface area (Å²) in [7, 11) is -3.36. The van der Waals surface area contributed by atoms with E-state index in [0.29, 0.717) is 18.2 Å². The van der Waals surface area contributed by atoms with Gasteiger partial charge in [0.15, 0.2) is 9.84 Å². The Morgan fingerprint density at radius 3 is 2.50 bits per heavy atom. The number of benzene rings is 1. The number of carbonyl (C=O) groups excluding carboxylic acids is 1. The zero-order chi connectivity index (χ0) is 16.3. The second-order valence-corrected chi connectivity index (χ2v) is 7.69. The molecule has 2 saturated heterocycles. The minimum Gasteiger partial charge on any atom is -0.305 e. The predicted octanol–water partition coefficient (Wildman–Crippen LogP) is 1.99. The van der Waals surface area contributed by atoms with Gasteiger partial charge in [0.25, 0.3) is 0 Å². The van der Waals surface area contributed by atoms with E-state index >= 15 is 0 Å². The van der Waals surface area contributed by atoms with Gasteiger partial charge in [0.2, 0.25) is 5.91 Å². The topological polar surface area (TPSA) is 54.5 Å². The van der Waals surface area contributed by atoms with E-state index in [1.54, 1.807) is 0 Å². The van der Waals surface area contributed by atoms with E-state index < -0.39 is 50.9 Å². The van der Waals surface area contributed by atoms with Gasteiger partial charge in [-0.2, -0.15) is 13.2 Å². The fourth-order valence-corrected chi connectivity index (χ4v) is 5.15. The van der Waals surface area contributed by atoms with E-state index in [0.717, 1.165) is 4.90 Å². The van der Waals surface area contributed by atoms with Gasteiger partial charge in [-0.25, -0.2) is 12.8 Å². The van der Waals surface area contributed by atoms with Crippen LogP contribution >= 0.6 is 0 Å². The number of carbonyl (C=O) groups is 1. The van der Waals surface area contributed by atoms with Crippen LogP contribution in [0.25, 0.3) is 0 Å². The van der Waals surface area contributed by atoms with Crippen molar-refractivity contribution in [3.05, 3.63) is 29.6 Å². The highest BCUT2D eigenvalue weighted by Gasteiger charge is 2.50. The molecule has 9 heteroatoms. The summed E-state index contributed by atoms with van der Waals surface area (Å²) in [4.78, 5) is 12.9. The van der Waals surface area contributed by atoms with Crippen LogP contribution in [0, 0.1) is 11.7 Å². The standard InChI is InChI=1S/C13H11F4NO3S/c14-9-2-1-8(13(15,16)17)4-10(9)18-11-6-22(20,21)5-7(11)3-12(18)19/h1-2,4,7,11H,3,5-6H2/t7-,11+/m1/s1. The van der Waals surface area contributed by atoms with Crippen molar-refractivity contribution >= 4 is 21.4 Å². The van der Waals surface area contributed by atoms with Crippen molar-refractivity contribution in [3.8, 4) is 0 Å². The summed E-state index contributed by atoms with van der Waals surface area (Å²) in [6.45, 7) is 0. The number of amides is 1. The number of hydrogen-bond donors (Lipinski definition) is 0. The van der Waals surface area contributed by atoms with Crippen molar-refractivity contribution in [2.45, 2.75) is 18.6 Å². The van der Waals surface area contributed by atoms with Crippen molar-refractivity contribution in [1.82, 2.24) is 0 Å². The third-order valence-electron chi connectivity index (χ3n) is 4.01. The number of rotatable bonds is 1. The largest absolute Gasteiger partial charge is 0.416 e. The number of fused-ring (bicyclic) bond motifs is 1. The van der Waals surface area contributed by atoms with Crippen molar-refractivity contribution in [1.29, 1.82) is 0 Å². The number of sulfone groups is 1. The summed E-state index contributed by atoms with van der Waals surface area (Å²) in [5.74, 6) is -2.57. The molecule has 2 heterocycles. The Hall–Kier alpha value is -1.64. The van der Waals surface area contributed by atoms with Gasteiger partial charge in [-0.3, -0.25) is 4.79 Å². The van der Waals surface area contributed by atoms with Crippen LogP contribution in [-0.2, 0) is 20.8 Å². The van der Waals surface area contributed by atoms with E-state index in [1.165, 1.54) is 0 Å². The second-order valence-electron chi connectivity index (χ2n) is 5.54. The summed E-state index contributed by atoms with van der Waals surface area (Å²) in [6, 6.07) is 0.987. The maximum Gasteiger partial charge on any atom is 0.416 e. The smallest absolute Gasteiger partial charge is 0.305 e. The molecule has 0 spiro atoms. The predicted molar refractivity (Wildman–Crippen MR) is 69.4 cm³/mol. The Balaban J connectivity index is 2.05. The first-order valence-electron chi connectivity index (χ1n) is 6.48. The number of halogens is 4. The maximum absolute atomic E-state index is 13.9. The third-order valence-corrected chi connectivity index (χ3v) is 5.79. The normalized spacial score (nSPS) is 27.3. The fraction of sp³-hybridized carbons (Fsp3) is 0.462. The highest BCUT2D eigenvalue weighted by atomic mass is 32.2. The molecule has 1 aromatic rings. The molecule has 0 unspecified atom stereocenters. The van der Waals surface area contributed by atoms with Gasteiger partial charge in [0.1, 0.15) is 5.82 Å². The molecule has 0 N–H and O–H groups in total. The van der Waals surface area contributed by atoms with Crippen LogP contribution in [0.15, 0.2) is 18.2 Å². The first kappa shape index (κ1) is 15.3. The SMILES string of the molecule is O=C1C[C@@H]2CS(=O)(=O)C[C@@H]2N1c1cc(C(F)(F)F)ccc1F. The zero-order valence-electron chi connectivity index (χ0n) is 11.1. The van der Waals surface area contributed by atoms with E-state index in [1.807, 2.05) is 0 Å². The van der Waals surface area contributed by atoms with Crippen LogP contribution in [0.1, 0.15) is 12.0 Å². The summed E-state index contributed by atoms with van der Waals surface area (Å²) >= 11 is 0. The monoisotopic (exact) mass is 337 g/mol. The first-order valence-corrected chi connectivity index (χ1v) is 8.30. The van der Waals surface area contributed by atoms with E-state index in [4.69, 9.17) is 0 Å². The van der Waals surface area contributed by atoms with Crippen LogP contribution in [-0.4, -0.2) is 31.9 Å².